The summed E-state index contributed by atoms with van der Waals surface area (Å²) < 4.78 is 5.46. The Morgan fingerprint density at radius 2 is 1.69 bits per heavy atom. The summed E-state index contributed by atoms with van der Waals surface area (Å²) in [5, 5.41) is 10.2. The lowest BCUT2D eigenvalue weighted by molar-refractivity contribution is 0.0348. The molecule has 1 aromatic carbocycles. The SMILES string of the molecule is CC(C)N(CCC(C#N)(CCN1CCOCC1)c1ccccc1)C(C)C. The molecule has 0 radical (unpaired) electrons. The second-order valence-corrected chi connectivity index (χ2v) is 7.94. The molecule has 1 atom stereocenters. The highest BCUT2D eigenvalue weighted by Crippen LogP contribution is 2.32. The zero-order valence-corrected chi connectivity index (χ0v) is 16.9. The van der Waals surface area contributed by atoms with Crippen molar-refractivity contribution in [3.05, 3.63) is 35.9 Å². The van der Waals surface area contributed by atoms with Crippen LogP contribution in [0, 0.1) is 11.3 Å². The maximum absolute atomic E-state index is 10.2. The molecule has 144 valence electrons. The zero-order chi connectivity index (χ0) is 19.0. The number of benzene rings is 1. The van der Waals surface area contributed by atoms with Gasteiger partial charge in [-0.05, 0) is 46.1 Å². The molecule has 4 nitrogen and oxygen atoms in total. The van der Waals surface area contributed by atoms with Crippen LogP contribution < -0.4 is 0 Å². The molecular formula is C22H35N3O. The van der Waals surface area contributed by atoms with Crippen molar-refractivity contribution >= 4 is 0 Å². The van der Waals surface area contributed by atoms with E-state index in [2.05, 4.69) is 67.8 Å². The Hall–Kier alpha value is -1.41. The largest absolute Gasteiger partial charge is 0.379 e. The first-order chi connectivity index (χ1) is 12.5. The minimum absolute atomic E-state index is 0.429. The number of rotatable bonds is 9. The smallest absolute Gasteiger partial charge is 0.0846 e. The van der Waals surface area contributed by atoms with Crippen LogP contribution in [0.25, 0.3) is 0 Å². The van der Waals surface area contributed by atoms with Crippen LogP contribution in [0.2, 0.25) is 0 Å². The van der Waals surface area contributed by atoms with Crippen molar-refractivity contribution in [1.82, 2.24) is 9.80 Å². The quantitative estimate of drug-likeness (QED) is 0.676. The van der Waals surface area contributed by atoms with E-state index in [4.69, 9.17) is 4.74 Å². The van der Waals surface area contributed by atoms with E-state index in [0.29, 0.717) is 12.1 Å². The van der Waals surface area contributed by atoms with Crippen LogP contribution >= 0.6 is 0 Å². The van der Waals surface area contributed by atoms with Gasteiger partial charge in [-0.25, -0.2) is 0 Å². The molecule has 2 rings (SSSR count). The average Bonchev–Trinajstić information content (AvgIpc) is 2.65. The second kappa shape index (κ2) is 10.1. The van der Waals surface area contributed by atoms with Gasteiger partial charge >= 0.3 is 0 Å². The van der Waals surface area contributed by atoms with Gasteiger partial charge in [0.25, 0.3) is 0 Å². The van der Waals surface area contributed by atoms with Crippen molar-refractivity contribution in [3.63, 3.8) is 0 Å². The number of hydrogen-bond acceptors (Lipinski definition) is 4. The lowest BCUT2D eigenvalue weighted by Crippen LogP contribution is -2.43. The standard InChI is InChI=1S/C22H35N3O/c1-19(2)25(20(3)4)13-11-22(18-23,21-8-6-5-7-9-21)10-12-24-14-16-26-17-15-24/h5-9,19-20H,10-17H2,1-4H3. The molecule has 0 aliphatic carbocycles. The summed E-state index contributed by atoms with van der Waals surface area (Å²) in [6, 6.07) is 14.1. The molecule has 1 unspecified atom stereocenters. The molecule has 1 fully saturated rings. The molecule has 0 N–H and O–H groups in total. The Morgan fingerprint density at radius 1 is 1.08 bits per heavy atom. The first-order valence-corrected chi connectivity index (χ1v) is 10.0. The van der Waals surface area contributed by atoms with E-state index in [9.17, 15) is 5.26 Å². The number of morpholine rings is 1. The fraction of sp³-hybridized carbons (Fsp3) is 0.682. The number of hydrogen-bond donors (Lipinski definition) is 0. The molecule has 1 aliphatic rings. The molecule has 1 saturated heterocycles. The molecule has 0 saturated carbocycles. The summed E-state index contributed by atoms with van der Waals surface area (Å²) in [5.41, 5.74) is 0.727. The van der Waals surface area contributed by atoms with Crippen LogP contribution in [0.4, 0.5) is 0 Å². The van der Waals surface area contributed by atoms with Crippen LogP contribution in [0.15, 0.2) is 30.3 Å². The van der Waals surface area contributed by atoms with Crippen LogP contribution in [0.3, 0.4) is 0 Å². The third kappa shape index (κ3) is 5.54. The Bertz CT molecular complexity index is 553. The third-order valence-electron chi connectivity index (χ3n) is 5.62. The zero-order valence-electron chi connectivity index (χ0n) is 16.9. The molecule has 1 heterocycles. The average molecular weight is 358 g/mol. The van der Waals surface area contributed by atoms with Gasteiger partial charge in [-0.1, -0.05) is 30.3 Å². The van der Waals surface area contributed by atoms with E-state index in [-0.39, 0.29) is 0 Å². The first-order valence-electron chi connectivity index (χ1n) is 10.0. The van der Waals surface area contributed by atoms with Gasteiger partial charge in [-0.2, -0.15) is 5.26 Å². The van der Waals surface area contributed by atoms with Crippen molar-refractivity contribution in [2.45, 2.75) is 58.0 Å². The minimum atomic E-state index is -0.429. The summed E-state index contributed by atoms with van der Waals surface area (Å²) in [5.74, 6) is 0. The van der Waals surface area contributed by atoms with E-state index in [1.807, 2.05) is 6.07 Å². The summed E-state index contributed by atoms with van der Waals surface area (Å²) in [4.78, 5) is 4.92. The highest BCUT2D eigenvalue weighted by atomic mass is 16.5. The predicted molar refractivity (Wildman–Crippen MR) is 107 cm³/mol. The lowest BCUT2D eigenvalue weighted by Gasteiger charge is -2.36. The van der Waals surface area contributed by atoms with Crippen molar-refractivity contribution in [3.8, 4) is 6.07 Å². The number of nitrogens with zero attached hydrogens (tertiary/aromatic N) is 3. The van der Waals surface area contributed by atoms with Crippen molar-refractivity contribution in [1.29, 1.82) is 5.26 Å². The van der Waals surface area contributed by atoms with Crippen LogP contribution in [-0.4, -0.2) is 61.3 Å². The Kier molecular flexibility index (Phi) is 8.09. The van der Waals surface area contributed by atoms with E-state index in [0.717, 1.165) is 57.8 Å². The fourth-order valence-electron chi connectivity index (χ4n) is 3.95. The van der Waals surface area contributed by atoms with Gasteiger partial charge in [0.05, 0.1) is 24.7 Å². The lowest BCUT2D eigenvalue weighted by atomic mass is 9.75. The molecule has 0 amide bonds. The molecule has 4 heteroatoms. The minimum Gasteiger partial charge on any atom is -0.379 e. The highest BCUT2D eigenvalue weighted by Gasteiger charge is 2.33. The Labute approximate surface area is 159 Å². The summed E-state index contributed by atoms with van der Waals surface area (Å²) >= 11 is 0. The van der Waals surface area contributed by atoms with Gasteiger partial charge in [-0.15, -0.1) is 0 Å². The molecule has 0 spiro atoms. The molecule has 1 aromatic rings. The molecular weight excluding hydrogens is 322 g/mol. The first kappa shape index (κ1) is 20.9. The summed E-state index contributed by atoms with van der Waals surface area (Å²) in [6.07, 6.45) is 1.74. The van der Waals surface area contributed by atoms with Crippen LogP contribution in [0.1, 0.15) is 46.1 Å². The van der Waals surface area contributed by atoms with Gasteiger partial charge in [-0.3, -0.25) is 9.80 Å². The normalized spacial score (nSPS) is 18.2. The third-order valence-corrected chi connectivity index (χ3v) is 5.62. The van der Waals surface area contributed by atoms with E-state index < -0.39 is 5.41 Å². The Balaban J connectivity index is 2.15. The van der Waals surface area contributed by atoms with Gasteiger partial charge < -0.3 is 4.74 Å². The fourth-order valence-corrected chi connectivity index (χ4v) is 3.95. The van der Waals surface area contributed by atoms with E-state index in [1.165, 1.54) is 0 Å². The van der Waals surface area contributed by atoms with Crippen LogP contribution in [-0.2, 0) is 10.2 Å². The van der Waals surface area contributed by atoms with Crippen LogP contribution in [0.5, 0.6) is 0 Å². The maximum atomic E-state index is 10.2. The molecule has 26 heavy (non-hydrogen) atoms. The van der Waals surface area contributed by atoms with E-state index >= 15 is 0 Å². The van der Waals surface area contributed by atoms with Gasteiger partial charge in [0.15, 0.2) is 0 Å². The number of nitriles is 1. The van der Waals surface area contributed by atoms with Crippen molar-refractivity contribution in [2.24, 2.45) is 0 Å². The maximum Gasteiger partial charge on any atom is 0.0846 e. The van der Waals surface area contributed by atoms with Gasteiger partial charge in [0.1, 0.15) is 0 Å². The molecule has 0 aromatic heterocycles. The highest BCUT2D eigenvalue weighted by molar-refractivity contribution is 5.32. The summed E-state index contributed by atoms with van der Waals surface area (Å²) in [6.45, 7) is 14.4. The molecule has 1 aliphatic heterocycles. The Morgan fingerprint density at radius 3 is 2.23 bits per heavy atom. The van der Waals surface area contributed by atoms with Gasteiger partial charge in [0.2, 0.25) is 0 Å². The monoisotopic (exact) mass is 357 g/mol. The molecule has 0 bridgehead atoms. The van der Waals surface area contributed by atoms with E-state index in [1.54, 1.807) is 0 Å². The topological polar surface area (TPSA) is 39.5 Å². The van der Waals surface area contributed by atoms with Gasteiger partial charge in [0, 0.05) is 38.3 Å². The number of ether oxygens (including phenoxy) is 1. The summed E-state index contributed by atoms with van der Waals surface area (Å²) in [7, 11) is 0. The predicted octanol–water partition coefficient (Wildman–Crippen LogP) is 3.68. The van der Waals surface area contributed by atoms with Crippen molar-refractivity contribution < 1.29 is 4.74 Å². The second-order valence-electron chi connectivity index (χ2n) is 7.94. The van der Waals surface area contributed by atoms with Crippen molar-refractivity contribution in [2.75, 3.05) is 39.4 Å².